The van der Waals surface area contributed by atoms with Gasteiger partial charge in [0.25, 0.3) is 5.91 Å². The molecule has 2 aromatic carbocycles. The van der Waals surface area contributed by atoms with Crippen molar-refractivity contribution >= 4 is 40.8 Å². The smallest absolute Gasteiger partial charge is 0.253 e. The van der Waals surface area contributed by atoms with Gasteiger partial charge in [0, 0.05) is 56.7 Å². The van der Waals surface area contributed by atoms with Crippen LogP contribution in [0.2, 0.25) is 5.15 Å². The first-order valence-corrected chi connectivity index (χ1v) is 13.2. The summed E-state index contributed by atoms with van der Waals surface area (Å²) in [6, 6.07) is 16.3. The van der Waals surface area contributed by atoms with Crippen molar-refractivity contribution in [1.82, 2.24) is 14.9 Å². The lowest BCUT2D eigenvalue weighted by Gasteiger charge is -2.36. The minimum atomic E-state index is -0.228. The number of para-hydroxylation sites is 1. The van der Waals surface area contributed by atoms with Gasteiger partial charge in [-0.05, 0) is 42.7 Å². The van der Waals surface area contributed by atoms with E-state index in [1.165, 1.54) is 30.7 Å². The van der Waals surface area contributed by atoms with Gasteiger partial charge < -0.3 is 14.7 Å². The lowest BCUT2D eigenvalue weighted by molar-refractivity contribution is 0.0746. The fourth-order valence-corrected chi connectivity index (χ4v) is 5.57. The minimum Gasteiger partial charge on any atom is -0.366 e. The Kier molecular flexibility index (Phi) is 7.39. The van der Waals surface area contributed by atoms with E-state index in [-0.39, 0.29) is 11.7 Å². The van der Waals surface area contributed by atoms with E-state index in [4.69, 9.17) is 11.6 Å². The molecule has 2 aliphatic heterocycles. The second kappa shape index (κ2) is 10.8. The Balaban J connectivity index is 1.20. The third-order valence-electron chi connectivity index (χ3n) is 6.39. The van der Waals surface area contributed by atoms with Crippen molar-refractivity contribution < 1.29 is 9.18 Å². The third-order valence-corrected chi connectivity index (χ3v) is 7.50. The maximum atomic E-state index is 14.1. The number of aromatic nitrogens is 2. The summed E-state index contributed by atoms with van der Waals surface area (Å²) < 4.78 is 14.1. The summed E-state index contributed by atoms with van der Waals surface area (Å²) >= 11 is 7.77. The van der Waals surface area contributed by atoms with E-state index in [1.807, 2.05) is 46.2 Å². The van der Waals surface area contributed by atoms with Crippen LogP contribution >= 0.6 is 23.4 Å². The maximum Gasteiger partial charge on any atom is 0.253 e. The number of anilines is 2. The zero-order valence-electron chi connectivity index (χ0n) is 19.4. The highest BCUT2D eigenvalue weighted by atomic mass is 35.5. The number of hydrogen-bond donors (Lipinski definition) is 0. The molecule has 6 nitrogen and oxygen atoms in total. The molecule has 9 heteroatoms. The van der Waals surface area contributed by atoms with Crippen LogP contribution in [0.4, 0.5) is 15.9 Å². The average molecular weight is 512 g/mol. The van der Waals surface area contributed by atoms with Gasteiger partial charge in [0.15, 0.2) is 5.16 Å². The SMILES string of the molecule is O=C(c1cccc(CSc2nc(Cl)cc(N3CCCC3)n2)c1)N1CCN(c2ccccc2F)CC1. The van der Waals surface area contributed by atoms with Gasteiger partial charge in [0.2, 0.25) is 0 Å². The molecule has 3 aromatic rings. The Hall–Kier alpha value is -2.84. The fraction of sp³-hybridized carbons (Fsp3) is 0.346. The first-order chi connectivity index (χ1) is 17.1. The van der Waals surface area contributed by atoms with Gasteiger partial charge in [0.05, 0.1) is 5.69 Å². The van der Waals surface area contributed by atoms with Gasteiger partial charge in [0.1, 0.15) is 16.8 Å². The summed E-state index contributed by atoms with van der Waals surface area (Å²) in [5.41, 5.74) is 2.28. The van der Waals surface area contributed by atoms with Gasteiger partial charge in [-0.25, -0.2) is 14.4 Å². The molecule has 0 bridgehead atoms. The number of benzene rings is 2. The topological polar surface area (TPSA) is 52.6 Å². The second-order valence-corrected chi connectivity index (χ2v) is 10.1. The Bertz CT molecular complexity index is 1200. The fourth-order valence-electron chi connectivity index (χ4n) is 4.54. The quantitative estimate of drug-likeness (QED) is 0.260. The molecule has 0 aliphatic carbocycles. The molecular formula is C26H27ClFN5OS. The highest BCUT2D eigenvalue weighted by Gasteiger charge is 2.24. The molecular weight excluding hydrogens is 485 g/mol. The number of hydrogen-bond acceptors (Lipinski definition) is 6. The number of carbonyl (C=O) groups excluding carboxylic acids is 1. The predicted molar refractivity (Wildman–Crippen MR) is 139 cm³/mol. The van der Waals surface area contributed by atoms with E-state index in [9.17, 15) is 9.18 Å². The molecule has 2 saturated heterocycles. The van der Waals surface area contributed by atoms with Crippen LogP contribution in [0.15, 0.2) is 59.8 Å². The molecule has 0 atom stereocenters. The average Bonchev–Trinajstić information content (AvgIpc) is 3.43. The van der Waals surface area contributed by atoms with Crippen LogP contribution in [0.3, 0.4) is 0 Å². The first kappa shape index (κ1) is 23.9. The van der Waals surface area contributed by atoms with Crippen LogP contribution in [0.25, 0.3) is 0 Å². The summed E-state index contributed by atoms with van der Waals surface area (Å²) in [6.07, 6.45) is 2.34. The zero-order chi connectivity index (χ0) is 24.2. The molecule has 3 heterocycles. The number of piperazine rings is 1. The highest BCUT2D eigenvalue weighted by Crippen LogP contribution is 2.27. The molecule has 2 aliphatic rings. The summed E-state index contributed by atoms with van der Waals surface area (Å²) in [5.74, 6) is 1.29. The lowest BCUT2D eigenvalue weighted by atomic mass is 10.1. The van der Waals surface area contributed by atoms with Crippen LogP contribution < -0.4 is 9.80 Å². The van der Waals surface area contributed by atoms with Gasteiger partial charge in [-0.1, -0.05) is 47.6 Å². The monoisotopic (exact) mass is 511 g/mol. The van der Waals surface area contributed by atoms with E-state index >= 15 is 0 Å². The van der Waals surface area contributed by atoms with Crippen LogP contribution in [-0.2, 0) is 5.75 Å². The van der Waals surface area contributed by atoms with Gasteiger partial charge >= 0.3 is 0 Å². The maximum absolute atomic E-state index is 14.1. The Labute approximate surface area is 214 Å². The van der Waals surface area contributed by atoms with Crippen molar-refractivity contribution in [3.8, 4) is 0 Å². The zero-order valence-corrected chi connectivity index (χ0v) is 20.9. The molecule has 0 N–H and O–H groups in total. The molecule has 35 heavy (non-hydrogen) atoms. The van der Waals surface area contributed by atoms with E-state index < -0.39 is 0 Å². The molecule has 1 amide bonds. The molecule has 0 spiro atoms. The summed E-state index contributed by atoms with van der Waals surface area (Å²) in [6.45, 7) is 4.32. The molecule has 0 unspecified atom stereocenters. The Morgan fingerprint density at radius 3 is 2.46 bits per heavy atom. The van der Waals surface area contributed by atoms with E-state index in [2.05, 4.69) is 14.9 Å². The molecule has 2 fully saturated rings. The van der Waals surface area contributed by atoms with Crippen molar-refractivity contribution in [3.63, 3.8) is 0 Å². The summed E-state index contributed by atoms with van der Waals surface area (Å²) in [7, 11) is 0. The van der Waals surface area contributed by atoms with Crippen LogP contribution in [0.5, 0.6) is 0 Å². The van der Waals surface area contributed by atoms with E-state index in [1.54, 1.807) is 12.1 Å². The van der Waals surface area contributed by atoms with Gasteiger partial charge in [-0.3, -0.25) is 4.79 Å². The molecule has 0 saturated carbocycles. The number of halogens is 2. The second-order valence-electron chi connectivity index (χ2n) is 8.75. The highest BCUT2D eigenvalue weighted by molar-refractivity contribution is 7.98. The summed E-state index contributed by atoms with van der Waals surface area (Å²) in [5, 5.41) is 1.09. The standard InChI is InChI=1S/C26H27ClFN5OS/c27-23-17-24(32-10-3-4-11-32)30-26(29-23)35-18-19-6-5-7-20(16-19)25(34)33-14-12-31(13-15-33)22-9-2-1-8-21(22)28/h1-2,5-9,16-17H,3-4,10-15,18H2. The minimum absolute atomic E-state index is 0.000332. The van der Waals surface area contributed by atoms with Crippen LogP contribution in [-0.4, -0.2) is 60.0 Å². The van der Waals surface area contributed by atoms with Crippen molar-refractivity contribution in [2.45, 2.75) is 23.8 Å². The number of carbonyl (C=O) groups is 1. The van der Waals surface area contributed by atoms with Gasteiger partial charge in [-0.2, -0.15) is 0 Å². The number of thioether (sulfide) groups is 1. The normalized spacial score (nSPS) is 16.1. The van der Waals surface area contributed by atoms with Crippen molar-refractivity contribution in [2.75, 3.05) is 49.1 Å². The largest absolute Gasteiger partial charge is 0.366 e. The van der Waals surface area contributed by atoms with Crippen LogP contribution in [0, 0.1) is 5.82 Å². The molecule has 5 rings (SSSR count). The Morgan fingerprint density at radius 2 is 1.69 bits per heavy atom. The number of rotatable bonds is 6. The third kappa shape index (κ3) is 5.70. The van der Waals surface area contributed by atoms with E-state index in [0.717, 1.165) is 24.5 Å². The predicted octanol–water partition coefficient (Wildman–Crippen LogP) is 5.12. The molecule has 0 radical (unpaired) electrons. The van der Waals surface area contributed by atoms with Crippen molar-refractivity contribution in [3.05, 3.63) is 76.7 Å². The van der Waals surface area contributed by atoms with Gasteiger partial charge in [-0.15, -0.1) is 0 Å². The van der Waals surface area contributed by atoms with Crippen molar-refractivity contribution in [2.24, 2.45) is 0 Å². The number of nitrogens with zero attached hydrogens (tertiary/aromatic N) is 5. The number of amides is 1. The molecule has 182 valence electrons. The first-order valence-electron chi connectivity index (χ1n) is 11.9. The van der Waals surface area contributed by atoms with Crippen LogP contribution in [0.1, 0.15) is 28.8 Å². The summed E-state index contributed by atoms with van der Waals surface area (Å²) in [4.78, 5) is 28.3. The van der Waals surface area contributed by atoms with Crippen molar-refractivity contribution in [1.29, 1.82) is 0 Å². The molecule has 1 aromatic heterocycles. The Morgan fingerprint density at radius 1 is 0.914 bits per heavy atom. The lowest BCUT2D eigenvalue weighted by Crippen LogP contribution is -2.49. The van der Waals surface area contributed by atoms with E-state index in [0.29, 0.717) is 53.5 Å².